The van der Waals surface area contributed by atoms with Crippen LogP contribution in [-0.2, 0) is 14.9 Å². The molecule has 0 unspecified atom stereocenters. The number of halogens is 1. The number of nitrogen functional groups attached to an aromatic ring is 1. The van der Waals surface area contributed by atoms with Crippen molar-refractivity contribution < 1.29 is 32.6 Å². The Morgan fingerprint density at radius 3 is 2.78 bits per heavy atom. The lowest BCUT2D eigenvalue weighted by Gasteiger charge is -2.16. The van der Waals surface area contributed by atoms with Crippen LogP contribution < -0.4 is 15.2 Å². The summed E-state index contributed by atoms with van der Waals surface area (Å²) in [5, 5.41) is 19.9. The zero-order valence-electron chi connectivity index (χ0n) is 16.2. The summed E-state index contributed by atoms with van der Waals surface area (Å²) in [7, 11) is -4.42. The van der Waals surface area contributed by atoms with Gasteiger partial charge >= 0.3 is 10.2 Å². The van der Waals surface area contributed by atoms with E-state index in [2.05, 4.69) is 15.0 Å². The molecule has 6 N–H and O–H groups in total. The molecular formula is C17H18FN7O6S. The first kappa shape index (κ1) is 21.8. The summed E-state index contributed by atoms with van der Waals surface area (Å²) < 4.78 is 49.6. The minimum Gasteiger partial charge on any atom is -0.507 e. The third-order valence-corrected chi connectivity index (χ3v) is 5.81. The van der Waals surface area contributed by atoms with E-state index < -0.39 is 53.0 Å². The average molecular weight is 467 g/mol. The Bertz CT molecular complexity index is 1270. The van der Waals surface area contributed by atoms with Crippen LogP contribution in [0.15, 0.2) is 36.9 Å². The van der Waals surface area contributed by atoms with Crippen LogP contribution in [0.1, 0.15) is 16.6 Å². The number of nitrogens with two attached hydrogens (primary N) is 1. The normalized spacial score (nSPS) is 23.4. The Morgan fingerprint density at radius 1 is 1.28 bits per heavy atom. The number of alkyl halides is 1. The fraction of sp³-hybridized carbons (Fsp3) is 0.294. The summed E-state index contributed by atoms with van der Waals surface area (Å²) in [6.45, 7) is -0.550. The number of hydrogen-bond donors (Lipinski definition) is 5. The van der Waals surface area contributed by atoms with Crippen molar-refractivity contribution >= 4 is 33.1 Å². The first-order valence-corrected chi connectivity index (χ1v) is 10.7. The Balaban J connectivity index is 1.44. The summed E-state index contributed by atoms with van der Waals surface area (Å²) in [5.74, 6) is -1.41. The maximum absolute atomic E-state index is 14.7. The van der Waals surface area contributed by atoms with Crippen molar-refractivity contribution in [1.82, 2.24) is 29.0 Å². The average Bonchev–Trinajstić information content (AvgIpc) is 3.29. The van der Waals surface area contributed by atoms with Crippen LogP contribution in [0.5, 0.6) is 5.75 Å². The third kappa shape index (κ3) is 4.05. The Hall–Kier alpha value is -3.40. The van der Waals surface area contributed by atoms with Gasteiger partial charge in [0.1, 0.15) is 29.8 Å². The van der Waals surface area contributed by atoms with Gasteiger partial charge in [0.2, 0.25) is 0 Å². The number of benzene rings is 1. The minimum atomic E-state index is -4.42. The highest BCUT2D eigenvalue weighted by Crippen LogP contribution is 2.33. The number of carbonyl (C=O) groups excluding carboxylic acids is 1. The van der Waals surface area contributed by atoms with E-state index in [0.29, 0.717) is 0 Å². The van der Waals surface area contributed by atoms with E-state index in [4.69, 9.17) is 10.5 Å². The number of aromatic nitrogens is 4. The lowest BCUT2D eigenvalue weighted by atomic mass is 10.1. The molecule has 170 valence electrons. The maximum Gasteiger partial charge on any atom is 0.301 e. The molecule has 0 radical (unpaired) electrons. The molecule has 32 heavy (non-hydrogen) atoms. The zero-order chi connectivity index (χ0) is 23.0. The van der Waals surface area contributed by atoms with Gasteiger partial charge in [-0.15, -0.1) is 0 Å². The summed E-state index contributed by atoms with van der Waals surface area (Å²) in [6.07, 6.45) is -3.88. The molecule has 4 rings (SSSR count). The third-order valence-electron chi connectivity index (χ3n) is 4.81. The number of hydrogen-bond acceptors (Lipinski definition) is 10. The van der Waals surface area contributed by atoms with E-state index >= 15 is 0 Å². The van der Waals surface area contributed by atoms with Crippen molar-refractivity contribution in [2.24, 2.45) is 0 Å². The van der Waals surface area contributed by atoms with Crippen molar-refractivity contribution in [2.45, 2.75) is 24.6 Å². The van der Waals surface area contributed by atoms with Gasteiger partial charge in [0.15, 0.2) is 23.9 Å². The number of aliphatic hydroxyl groups is 1. The van der Waals surface area contributed by atoms with Crippen LogP contribution in [0.3, 0.4) is 0 Å². The van der Waals surface area contributed by atoms with E-state index in [0.717, 1.165) is 6.33 Å². The SMILES string of the molecule is Nc1ncnc2c1ncn2[C@@H]1O[C@H](CNS(=O)(=O)NC(=O)c2ccccc2O)[C@@H](O)[C@H]1F. The number of anilines is 1. The number of para-hydroxylation sites is 1. The number of phenolic OH excluding ortho intramolecular Hbond substituents is 1. The number of imidazole rings is 1. The molecule has 1 aliphatic rings. The predicted octanol–water partition coefficient (Wildman–Crippen LogP) is -1.03. The Morgan fingerprint density at radius 2 is 2.03 bits per heavy atom. The minimum absolute atomic E-state index is 0.0761. The van der Waals surface area contributed by atoms with Crippen molar-refractivity contribution in [1.29, 1.82) is 0 Å². The molecule has 1 aromatic carbocycles. The maximum atomic E-state index is 14.7. The lowest BCUT2D eigenvalue weighted by molar-refractivity contribution is -0.0195. The highest BCUT2D eigenvalue weighted by Gasteiger charge is 2.46. The van der Waals surface area contributed by atoms with Crippen LogP contribution >= 0.6 is 0 Å². The lowest BCUT2D eigenvalue weighted by Crippen LogP contribution is -2.45. The van der Waals surface area contributed by atoms with E-state index in [1.54, 1.807) is 4.72 Å². The number of amides is 1. The fourth-order valence-electron chi connectivity index (χ4n) is 3.22. The van der Waals surface area contributed by atoms with Crippen molar-refractivity contribution in [3.63, 3.8) is 0 Å². The van der Waals surface area contributed by atoms with Gasteiger partial charge in [0, 0.05) is 6.54 Å². The van der Waals surface area contributed by atoms with Gasteiger partial charge in [-0.2, -0.15) is 13.1 Å². The number of fused-ring (bicyclic) bond motifs is 1. The monoisotopic (exact) mass is 467 g/mol. The molecule has 0 saturated carbocycles. The molecule has 0 spiro atoms. The van der Waals surface area contributed by atoms with Crippen molar-refractivity contribution in [3.05, 3.63) is 42.5 Å². The Labute approximate surface area is 180 Å². The second-order valence-electron chi connectivity index (χ2n) is 6.88. The Kier molecular flexibility index (Phi) is 5.64. The molecule has 4 atom stereocenters. The summed E-state index contributed by atoms with van der Waals surface area (Å²) in [6, 6.07) is 5.36. The number of ether oxygens (including phenoxy) is 1. The van der Waals surface area contributed by atoms with Crippen LogP contribution in [0.4, 0.5) is 10.2 Å². The standard InChI is InChI=1S/C17H18FN7O6S/c18-11-13(27)10(31-17(11)25-7-22-12-14(19)20-6-21-15(12)25)5-23-32(29,30)24-16(28)8-3-1-2-4-9(8)26/h1-4,6-7,10-11,13,17,23,26-27H,5H2,(H,24,28)(H2,19,20,21)/t10-,11-,13-,17-/m1/s1. The summed E-state index contributed by atoms with van der Waals surface area (Å²) in [4.78, 5) is 23.9. The first-order valence-electron chi connectivity index (χ1n) is 9.18. The molecule has 1 fully saturated rings. The van der Waals surface area contributed by atoms with Crippen molar-refractivity contribution in [2.75, 3.05) is 12.3 Å². The van der Waals surface area contributed by atoms with Gasteiger partial charge in [-0.3, -0.25) is 9.36 Å². The van der Waals surface area contributed by atoms with Crippen molar-refractivity contribution in [3.8, 4) is 5.75 Å². The second-order valence-corrected chi connectivity index (χ2v) is 8.38. The smallest absolute Gasteiger partial charge is 0.301 e. The van der Waals surface area contributed by atoms with E-state index in [9.17, 15) is 27.8 Å². The summed E-state index contributed by atoms with van der Waals surface area (Å²) in [5.41, 5.74) is 5.84. The second kappa shape index (κ2) is 8.27. The number of aliphatic hydroxyl groups excluding tert-OH is 1. The molecule has 1 aliphatic heterocycles. The predicted molar refractivity (Wildman–Crippen MR) is 107 cm³/mol. The zero-order valence-corrected chi connectivity index (χ0v) is 17.0. The topological polar surface area (TPSA) is 195 Å². The number of aromatic hydroxyl groups is 1. The molecule has 2 aromatic heterocycles. The van der Waals surface area contributed by atoms with E-state index in [-0.39, 0.29) is 22.5 Å². The number of phenols is 1. The van der Waals surface area contributed by atoms with Gasteiger partial charge < -0.3 is 20.7 Å². The molecule has 1 amide bonds. The van der Waals surface area contributed by atoms with Gasteiger partial charge in [0.05, 0.1) is 11.9 Å². The van der Waals surface area contributed by atoms with E-state index in [1.165, 1.54) is 35.2 Å². The van der Waals surface area contributed by atoms with Gasteiger partial charge in [-0.05, 0) is 12.1 Å². The van der Waals surface area contributed by atoms with Gasteiger partial charge in [-0.25, -0.2) is 24.1 Å². The summed E-state index contributed by atoms with van der Waals surface area (Å²) >= 11 is 0. The van der Waals surface area contributed by atoms with Crippen LogP contribution in [0.2, 0.25) is 0 Å². The van der Waals surface area contributed by atoms with Crippen LogP contribution in [0.25, 0.3) is 11.2 Å². The van der Waals surface area contributed by atoms with Gasteiger partial charge in [0.25, 0.3) is 5.91 Å². The number of nitrogens with zero attached hydrogens (tertiary/aromatic N) is 4. The van der Waals surface area contributed by atoms with Gasteiger partial charge in [-0.1, -0.05) is 12.1 Å². The molecular weight excluding hydrogens is 449 g/mol. The van der Waals surface area contributed by atoms with Crippen LogP contribution in [0, 0.1) is 0 Å². The quantitative estimate of drug-likeness (QED) is 0.299. The molecule has 13 nitrogen and oxygen atoms in total. The number of carbonyl (C=O) groups is 1. The first-order chi connectivity index (χ1) is 15.2. The van der Waals surface area contributed by atoms with E-state index in [1.807, 2.05) is 4.72 Å². The molecule has 0 bridgehead atoms. The molecule has 3 heterocycles. The number of rotatable bonds is 6. The molecule has 0 aliphatic carbocycles. The highest BCUT2D eigenvalue weighted by molar-refractivity contribution is 7.88. The molecule has 1 saturated heterocycles. The van der Waals surface area contributed by atoms with Crippen LogP contribution in [-0.4, -0.2) is 69.0 Å². The largest absolute Gasteiger partial charge is 0.507 e. The molecule has 3 aromatic rings. The number of nitrogens with one attached hydrogen (secondary N) is 2. The highest BCUT2D eigenvalue weighted by atomic mass is 32.2. The molecule has 15 heteroatoms. The fourth-order valence-corrected chi connectivity index (χ4v) is 4.03.